The molecule has 0 aliphatic carbocycles. The van der Waals surface area contributed by atoms with Gasteiger partial charge in [-0.25, -0.2) is 15.0 Å². The monoisotopic (exact) mass is 383 g/mol. The summed E-state index contributed by atoms with van der Waals surface area (Å²) >= 11 is 2.69. The Morgan fingerprint density at radius 3 is 2.24 bits per heavy atom. The van der Waals surface area contributed by atoms with Gasteiger partial charge >= 0.3 is 6.18 Å². The minimum absolute atomic E-state index is 0.290. The molecular formula is C15H12F3N5S2. The van der Waals surface area contributed by atoms with Crippen molar-refractivity contribution in [3.8, 4) is 10.6 Å². The van der Waals surface area contributed by atoms with Crippen LogP contribution in [-0.4, -0.2) is 15.0 Å². The van der Waals surface area contributed by atoms with E-state index in [1.165, 1.54) is 41.3 Å². The van der Waals surface area contributed by atoms with Crippen LogP contribution in [0.1, 0.15) is 11.3 Å². The van der Waals surface area contributed by atoms with E-state index in [0.29, 0.717) is 33.1 Å². The zero-order chi connectivity index (χ0) is 18.0. The number of rotatable bonds is 4. The lowest BCUT2D eigenvalue weighted by Gasteiger charge is -2.06. The Balaban J connectivity index is 1.70. The fourth-order valence-corrected chi connectivity index (χ4v) is 3.67. The van der Waals surface area contributed by atoms with Crippen molar-refractivity contribution >= 4 is 34.7 Å². The molecule has 0 spiro atoms. The van der Waals surface area contributed by atoms with Crippen molar-refractivity contribution in [2.75, 3.05) is 11.5 Å². The minimum Gasteiger partial charge on any atom is -0.383 e. The van der Waals surface area contributed by atoms with Crippen LogP contribution in [0.2, 0.25) is 0 Å². The van der Waals surface area contributed by atoms with Crippen LogP contribution >= 0.6 is 23.1 Å². The zero-order valence-electron chi connectivity index (χ0n) is 12.6. The molecule has 0 saturated heterocycles. The topological polar surface area (TPSA) is 90.7 Å². The number of nitrogens with two attached hydrogens (primary N) is 2. The summed E-state index contributed by atoms with van der Waals surface area (Å²) in [7, 11) is 0. The van der Waals surface area contributed by atoms with Crippen molar-refractivity contribution < 1.29 is 13.2 Å². The van der Waals surface area contributed by atoms with Gasteiger partial charge < -0.3 is 11.5 Å². The third kappa shape index (κ3) is 4.40. The molecule has 130 valence electrons. The molecule has 0 radical (unpaired) electrons. The van der Waals surface area contributed by atoms with Gasteiger partial charge in [0, 0.05) is 22.8 Å². The Labute approximate surface area is 149 Å². The Bertz CT molecular complexity index is 857. The third-order valence-electron chi connectivity index (χ3n) is 3.11. The second-order valence-corrected chi connectivity index (χ2v) is 6.81. The molecule has 0 aliphatic rings. The number of anilines is 2. The number of thiazole rings is 1. The molecule has 5 nitrogen and oxygen atoms in total. The van der Waals surface area contributed by atoms with Crippen LogP contribution in [-0.2, 0) is 11.9 Å². The minimum atomic E-state index is -4.34. The van der Waals surface area contributed by atoms with Crippen LogP contribution in [0.3, 0.4) is 0 Å². The fourth-order valence-electron chi connectivity index (χ4n) is 1.97. The summed E-state index contributed by atoms with van der Waals surface area (Å²) < 4.78 is 37.8. The van der Waals surface area contributed by atoms with Crippen molar-refractivity contribution in [1.82, 2.24) is 15.0 Å². The summed E-state index contributed by atoms with van der Waals surface area (Å²) in [5.74, 6) is 1.08. The molecule has 0 fully saturated rings. The van der Waals surface area contributed by atoms with Gasteiger partial charge in [-0.3, -0.25) is 0 Å². The molecule has 0 unspecified atom stereocenters. The van der Waals surface area contributed by atoms with Gasteiger partial charge in [-0.2, -0.15) is 13.2 Å². The maximum absolute atomic E-state index is 12.6. The Kier molecular flexibility index (Phi) is 4.82. The Hall–Kier alpha value is -2.33. The standard InChI is InChI=1S/C15H12F3N5S2/c16-15(17,18)9-3-1-8(2-4-9)13-21-10(6-24-13)7-25-14-22-11(19)5-12(20)23-14/h1-6H,7H2,(H4,19,20,22,23). The highest BCUT2D eigenvalue weighted by Gasteiger charge is 2.30. The molecule has 2 aromatic heterocycles. The number of nitrogen functional groups attached to an aromatic ring is 2. The molecule has 10 heteroatoms. The smallest absolute Gasteiger partial charge is 0.383 e. The number of alkyl halides is 3. The molecule has 0 amide bonds. The number of halogens is 3. The van der Waals surface area contributed by atoms with Crippen LogP contribution in [0.25, 0.3) is 10.6 Å². The van der Waals surface area contributed by atoms with E-state index in [2.05, 4.69) is 15.0 Å². The lowest BCUT2D eigenvalue weighted by molar-refractivity contribution is -0.137. The number of hydrogen-bond donors (Lipinski definition) is 2. The Morgan fingerprint density at radius 1 is 1.00 bits per heavy atom. The van der Waals surface area contributed by atoms with Crippen LogP contribution in [0, 0.1) is 0 Å². The lowest BCUT2D eigenvalue weighted by Crippen LogP contribution is -2.03. The van der Waals surface area contributed by atoms with E-state index in [-0.39, 0.29) is 0 Å². The van der Waals surface area contributed by atoms with Crippen LogP contribution in [0.4, 0.5) is 24.8 Å². The van der Waals surface area contributed by atoms with Gasteiger partial charge in [0.05, 0.1) is 11.3 Å². The van der Waals surface area contributed by atoms with Crippen molar-refractivity contribution in [1.29, 1.82) is 0 Å². The zero-order valence-corrected chi connectivity index (χ0v) is 14.3. The highest BCUT2D eigenvalue weighted by molar-refractivity contribution is 7.98. The van der Waals surface area contributed by atoms with Gasteiger partial charge in [0.25, 0.3) is 0 Å². The van der Waals surface area contributed by atoms with Gasteiger partial charge in [-0.1, -0.05) is 23.9 Å². The van der Waals surface area contributed by atoms with Gasteiger partial charge in [0.1, 0.15) is 16.6 Å². The third-order valence-corrected chi connectivity index (χ3v) is 4.93. The average Bonchev–Trinajstić information content (AvgIpc) is 3.00. The number of thioether (sulfide) groups is 1. The van der Waals surface area contributed by atoms with E-state index in [0.717, 1.165) is 17.8 Å². The first kappa shape index (κ1) is 17.5. The van der Waals surface area contributed by atoms with Crippen molar-refractivity contribution in [3.05, 3.63) is 47.0 Å². The number of aromatic nitrogens is 3. The number of hydrogen-bond acceptors (Lipinski definition) is 7. The molecule has 1 aromatic carbocycles. The molecule has 0 aliphatic heterocycles. The van der Waals surface area contributed by atoms with E-state index in [1.807, 2.05) is 5.38 Å². The molecular weight excluding hydrogens is 371 g/mol. The molecule has 2 heterocycles. The predicted octanol–water partition coefficient (Wildman–Crippen LogP) is 4.08. The van der Waals surface area contributed by atoms with Crippen LogP contribution in [0.5, 0.6) is 0 Å². The number of benzene rings is 1. The molecule has 3 aromatic rings. The largest absolute Gasteiger partial charge is 0.416 e. The van der Waals surface area contributed by atoms with Gasteiger partial charge in [0.15, 0.2) is 5.16 Å². The van der Waals surface area contributed by atoms with Crippen LogP contribution < -0.4 is 11.5 Å². The molecule has 4 N–H and O–H groups in total. The second kappa shape index (κ2) is 6.89. The van der Waals surface area contributed by atoms with Gasteiger partial charge in [0.2, 0.25) is 0 Å². The summed E-state index contributed by atoms with van der Waals surface area (Å²) in [6, 6.07) is 6.40. The second-order valence-electron chi connectivity index (χ2n) is 5.01. The lowest BCUT2D eigenvalue weighted by atomic mass is 10.1. The summed E-state index contributed by atoms with van der Waals surface area (Å²) in [6.07, 6.45) is -4.34. The molecule has 3 rings (SSSR count). The summed E-state index contributed by atoms with van der Waals surface area (Å²) in [5.41, 5.74) is 12.0. The van der Waals surface area contributed by atoms with E-state index < -0.39 is 11.7 Å². The molecule has 25 heavy (non-hydrogen) atoms. The van der Waals surface area contributed by atoms with E-state index in [1.54, 1.807) is 0 Å². The van der Waals surface area contributed by atoms with E-state index >= 15 is 0 Å². The van der Waals surface area contributed by atoms with Crippen molar-refractivity contribution in [2.45, 2.75) is 17.1 Å². The maximum Gasteiger partial charge on any atom is 0.416 e. The highest BCUT2D eigenvalue weighted by Crippen LogP contribution is 2.32. The first-order valence-electron chi connectivity index (χ1n) is 6.96. The van der Waals surface area contributed by atoms with Crippen molar-refractivity contribution in [2.24, 2.45) is 0 Å². The summed E-state index contributed by atoms with van der Waals surface area (Å²) in [6.45, 7) is 0. The molecule has 0 saturated carbocycles. The first-order chi connectivity index (χ1) is 11.8. The molecule has 0 atom stereocenters. The first-order valence-corrected chi connectivity index (χ1v) is 8.82. The average molecular weight is 383 g/mol. The fraction of sp³-hybridized carbons (Fsp3) is 0.133. The maximum atomic E-state index is 12.6. The highest BCUT2D eigenvalue weighted by atomic mass is 32.2. The van der Waals surface area contributed by atoms with E-state index in [9.17, 15) is 13.2 Å². The SMILES string of the molecule is Nc1cc(N)nc(SCc2csc(-c3ccc(C(F)(F)F)cc3)n2)n1. The van der Waals surface area contributed by atoms with Gasteiger partial charge in [-0.05, 0) is 12.1 Å². The summed E-state index contributed by atoms with van der Waals surface area (Å²) in [4.78, 5) is 12.6. The van der Waals surface area contributed by atoms with Crippen molar-refractivity contribution in [3.63, 3.8) is 0 Å². The Morgan fingerprint density at radius 2 is 1.64 bits per heavy atom. The number of nitrogens with zero attached hydrogens (tertiary/aromatic N) is 3. The quantitative estimate of drug-likeness (QED) is 0.521. The molecule has 0 bridgehead atoms. The summed E-state index contributed by atoms with van der Waals surface area (Å²) in [5, 5.41) is 2.94. The van der Waals surface area contributed by atoms with E-state index in [4.69, 9.17) is 11.5 Å². The van der Waals surface area contributed by atoms with Gasteiger partial charge in [-0.15, -0.1) is 11.3 Å². The van der Waals surface area contributed by atoms with Crippen LogP contribution in [0.15, 0.2) is 40.9 Å². The normalized spacial score (nSPS) is 11.6. The predicted molar refractivity (Wildman–Crippen MR) is 93.0 cm³/mol.